The summed E-state index contributed by atoms with van der Waals surface area (Å²) in [7, 11) is 0. The fourth-order valence-corrected chi connectivity index (χ4v) is 1.20. The summed E-state index contributed by atoms with van der Waals surface area (Å²) in [6, 6.07) is 0. The fraction of sp³-hybridized carbons (Fsp3) is 0.857. The van der Waals surface area contributed by atoms with E-state index in [1.54, 1.807) is 0 Å². The molecule has 0 aliphatic heterocycles. The second-order valence-electron chi connectivity index (χ2n) is 2.90. The Kier molecular flexibility index (Phi) is 1.37. The van der Waals surface area contributed by atoms with Gasteiger partial charge in [-0.3, -0.25) is 4.79 Å². The zero-order valence-corrected chi connectivity index (χ0v) is 5.48. The number of hydrogen-bond donors (Lipinski definition) is 0. The molecule has 1 nitrogen and oxygen atoms in total. The topological polar surface area (TPSA) is 17.1 Å². The summed E-state index contributed by atoms with van der Waals surface area (Å²) in [6.45, 7) is 4.30. The lowest BCUT2D eigenvalue weighted by Gasteiger charge is -2.03. The molecule has 8 heavy (non-hydrogen) atoms. The molecule has 1 unspecified atom stereocenters. The van der Waals surface area contributed by atoms with Gasteiger partial charge in [0.1, 0.15) is 5.78 Å². The maximum atomic E-state index is 10.7. The van der Waals surface area contributed by atoms with Gasteiger partial charge in [0, 0.05) is 12.8 Å². The number of carbonyl (C=O) groups is 1. The molecule has 0 aromatic rings. The van der Waals surface area contributed by atoms with Gasteiger partial charge >= 0.3 is 0 Å². The van der Waals surface area contributed by atoms with E-state index in [-0.39, 0.29) is 0 Å². The molecule has 1 aliphatic rings. The third kappa shape index (κ3) is 0.908. The molecule has 46 valence electrons. The average molecular weight is 112 g/mol. The van der Waals surface area contributed by atoms with Crippen LogP contribution in [0.4, 0.5) is 0 Å². The van der Waals surface area contributed by atoms with Crippen molar-refractivity contribution in [2.75, 3.05) is 0 Å². The largest absolute Gasteiger partial charge is 0.300 e. The van der Waals surface area contributed by atoms with E-state index in [0.29, 0.717) is 17.6 Å². The van der Waals surface area contributed by atoms with Gasteiger partial charge in [-0.25, -0.2) is 0 Å². The van der Waals surface area contributed by atoms with E-state index >= 15 is 0 Å². The monoisotopic (exact) mass is 112 g/mol. The lowest BCUT2D eigenvalue weighted by Crippen LogP contribution is -1.95. The van der Waals surface area contributed by atoms with Crippen molar-refractivity contribution < 1.29 is 4.79 Å². The van der Waals surface area contributed by atoms with Crippen LogP contribution in [0.2, 0.25) is 0 Å². The second kappa shape index (κ2) is 1.88. The third-order valence-electron chi connectivity index (χ3n) is 2.07. The van der Waals surface area contributed by atoms with Crippen LogP contribution in [0.25, 0.3) is 0 Å². The normalized spacial score (nSPS) is 38.5. The lowest BCUT2D eigenvalue weighted by atomic mass is 10.0. The molecule has 0 N–H and O–H groups in total. The Hall–Kier alpha value is -0.330. The zero-order chi connectivity index (χ0) is 6.15. The first-order valence-electron chi connectivity index (χ1n) is 3.22. The predicted octanol–water partition coefficient (Wildman–Crippen LogP) is 1.62. The number of carbonyl (C=O) groups excluding carboxylic acids is 1. The first kappa shape index (κ1) is 5.80. The van der Waals surface area contributed by atoms with Crippen LogP contribution in [0.3, 0.4) is 0 Å². The Bertz CT molecular complexity index is 95.0. The van der Waals surface area contributed by atoms with Gasteiger partial charge in [0.15, 0.2) is 0 Å². The molecule has 0 saturated heterocycles. The molecule has 0 aromatic carbocycles. The average Bonchev–Trinajstić information content (AvgIpc) is 1.85. The molecule has 1 fully saturated rings. The van der Waals surface area contributed by atoms with Gasteiger partial charge in [0.2, 0.25) is 0 Å². The van der Waals surface area contributed by atoms with Crippen LogP contribution in [0.5, 0.6) is 0 Å². The minimum absolute atomic E-state index is 0.449. The SMILES string of the molecule is CC1CC(=O)C[C@@H]1C. The smallest absolute Gasteiger partial charge is 0.133 e. The van der Waals surface area contributed by atoms with Crippen LogP contribution >= 0.6 is 0 Å². The van der Waals surface area contributed by atoms with E-state index in [0.717, 1.165) is 12.8 Å². The summed E-state index contributed by atoms with van der Waals surface area (Å²) >= 11 is 0. The first-order chi connectivity index (χ1) is 3.70. The van der Waals surface area contributed by atoms with Crippen LogP contribution in [-0.4, -0.2) is 5.78 Å². The molecule has 2 atom stereocenters. The summed E-state index contributed by atoms with van der Waals surface area (Å²) in [5.41, 5.74) is 0. The Balaban J connectivity index is 2.51. The number of ketones is 1. The van der Waals surface area contributed by atoms with E-state index in [2.05, 4.69) is 13.8 Å². The lowest BCUT2D eigenvalue weighted by molar-refractivity contribution is -0.117. The Morgan fingerprint density at radius 2 is 1.62 bits per heavy atom. The van der Waals surface area contributed by atoms with Gasteiger partial charge in [-0.05, 0) is 11.8 Å². The molecular weight excluding hydrogens is 100 g/mol. The Labute approximate surface area is 50.1 Å². The van der Waals surface area contributed by atoms with E-state index in [4.69, 9.17) is 0 Å². The van der Waals surface area contributed by atoms with Crippen molar-refractivity contribution >= 4 is 5.78 Å². The molecule has 0 heterocycles. The second-order valence-corrected chi connectivity index (χ2v) is 2.90. The Morgan fingerprint density at radius 1 is 1.25 bits per heavy atom. The van der Waals surface area contributed by atoms with Gasteiger partial charge in [-0.1, -0.05) is 13.8 Å². The van der Waals surface area contributed by atoms with Crippen molar-refractivity contribution in [3.63, 3.8) is 0 Å². The molecular formula is C7H12O. The molecule has 1 saturated carbocycles. The van der Waals surface area contributed by atoms with Crippen molar-refractivity contribution in [1.29, 1.82) is 0 Å². The molecule has 0 radical (unpaired) electrons. The van der Waals surface area contributed by atoms with Crippen LogP contribution in [0, 0.1) is 11.8 Å². The van der Waals surface area contributed by atoms with Crippen LogP contribution in [0.15, 0.2) is 0 Å². The highest BCUT2D eigenvalue weighted by molar-refractivity contribution is 5.80. The highest BCUT2D eigenvalue weighted by Gasteiger charge is 2.25. The number of hydrogen-bond acceptors (Lipinski definition) is 1. The van der Waals surface area contributed by atoms with Crippen molar-refractivity contribution in [3.8, 4) is 0 Å². The van der Waals surface area contributed by atoms with Gasteiger partial charge in [0.05, 0.1) is 0 Å². The van der Waals surface area contributed by atoms with Crippen LogP contribution < -0.4 is 0 Å². The minimum Gasteiger partial charge on any atom is -0.300 e. The molecule has 0 spiro atoms. The highest BCUT2D eigenvalue weighted by atomic mass is 16.1. The fourth-order valence-electron chi connectivity index (χ4n) is 1.20. The molecule has 0 amide bonds. The van der Waals surface area contributed by atoms with Crippen LogP contribution in [0.1, 0.15) is 26.7 Å². The van der Waals surface area contributed by atoms with Gasteiger partial charge < -0.3 is 0 Å². The van der Waals surface area contributed by atoms with Gasteiger partial charge in [-0.15, -0.1) is 0 Å². The van der Waals surface area contributed by atoms with E-state index in [1.165, 1.54) is 0 Å². The summed E-state index contributed by atoms with van der Waals surface area (Å²) in [5, 5.41) is 0. The van der Waals surface area contributed by atoms with Crippen molar-refractivity contribution in [3.05, 3.63) is 0 Å². The molecule has 1 aliphatic carbocycles. The summed E-state index contributed by atoms with van der Waals surface area (Å²) in [4.78, 5) is 10.7. The molecule has 0 bridgehead atoms. The van der Waals surface area contributed by atoms with E-state index < -0.39 is 0 Å². The quantitative estimate of drug-likeness (QED) is 0.465. The maximum Gasteiger partial charge on any atom is 0.133 e. The van der Waals surface area contributed by atoms with Gasteiger partial charge in [0.25, 0.3) is 0 Å². The van der Waals surface area contributed by atoms with E-state index in [1.807, 2.05) is 0 Å². The summed E-state index contributed by atoms with van der Waals surface area (Å²) < 4.78 is 0. The molecule has 1 heteroatoms. The van der Waals surface area contributed by atoms with Crippen molar-refractivity contribution in [1.82, 2.24) is 0 Å². The summed E-state index contributed by atoms with van der Waals surface area (Å²) in [5.74, 6) is 1.73. The van der Waals surface area contributed by atoms with E-state index in [9.17, 15) is 4.79 Å². The number of rotatable bonds is 0. The zero-order valence-electron chi connectivity index (χ0n) is 5.48. The first-order valence-corrected chi connectivity index (χ1v) is 3.22. The van der Waals surface area contributed by atoms with Crippen molar-refractivity contribution in [2.45, 2.75) is 26.7 Å². The maximum absolute atomic E-state index is 10.7. The predicted molar refractivity (Wildman–Crippen MR) is 32.6 cm³/mol. The molecule has 0 aromatic heterocycles. The number of Topliss-reactive ketones (excluding diaryl/α,β-unsaturated/α-hetero) is 1. The van der Waals surface area contributed by atoms with Crippen molar-refractivity contribution in [2.24, 2.45) is 11.8 Å². The van der Waals surface area contributed by atoms with Crippen LogP contribution in [-0.2, 0) is 4.79 Å². The van der Waals surface area contributed by atoms with Gasteiger partial charge in [-0.2, -0.15) is 0 Å². The third-order valence-corrected chi connectivity index (χ3v) is 2.07. The summed E-state index contributed by atoms with van der Waals surface area (Å²) in [6.07, 6.45) is 1.64. The molecule has 1 rings (SSSR count). The standard InChI is InChI=1S/C7H12O/c1-5-3-7(8)4-6(5)2/h5-6H,3-4H2,1-2H3/t5-,6?/m0/s1. The highest BCUT2D eigenvalue weighted by Crippen LogP contribution is 2.27. The minimum atomic E-state index is 0.449. The Morgan fingerprint density at radius 3 is 1.75 bits per heavy atom.